The fourth-order valence-corrected chi connectivity index (χ4v) is 3.08. The first-order chi connectivity index (χ1) is 9.92. The number of benzene rings is 1. The van der Waals surface area contributed by atoms with Crippen LogP contribution in [0.3, 0.4) is 0 Å². The van der Waals surface area contributed by atoms with E-state index in [0.717, 1.165) is 27.1 Å². The third kappa shape index (κ3) is 3.99. The number of halogens is 3. The molecule has 1 aromatic carbocycles. The third-order valence-electron chi connectivity index (χ3n) is 2.93. The fourth-order valence-electron chi connectivity index (χ4n) is 1.97. The summed E-state index contributed by atoms with van der Waals surface area (Å²) in [6.45, 7) is 4.34. The van der Waals surface area contributed by atoms with Gasteiger partial charge in [-0.3, -0.25) is 0 Å². The van der Waals surface area contributed by atoms with Gasteiger partial charge in [-0.2, -0.15) is 0 Å². The summed E-state index contributed by atoms with van der Waals surface area (Å²) in [6, 6.07) is 5.32. The zero-order valence-corrected chi connectivity index (χ0v) is 15.7. The Kier molecular flexibility index (Phi) is 5.68. The van der Waals surface area contributed by atoms with Gasteiger partial charge in [0.25, 0.3) is 0 Å². The molecular weight excluding hydrogens is 420 g/mol. The van der Waals surface area contributed by atoms with Crippen molar-refractivity contribution in [3.05, 3.63) is 37.5 Å². The van der Waals surface area contributed by atoms with E-state index in [-0.39, 0.29) is 0 Å². The molecule has 0 spiro atoms. The van der Waals surface area contributed by atoms with Crippen molar-refractivity contribution in [1.29, 1.82) is 0 Å². The van der Waals surface area contributed by atoms with E-state index in [1.165, 1.54) is 0 Å². The molecule has 2 aromatic rings. The predicted molar refractivity (Wildman–Crippen MR) is 98.3 cm³/mol. The van der Waals surface area contributed by atoms with Gasteiger partial charge in [0.15, 0.2) is 5.82 Å². The zero-order chi connectivity index (χ0) is 15.6. The highest BCUT2D eigenvalue weighted by molar-refractivity contribution is 14.1. The molecule has 3 nitrogen and oxygen atoms in total. The van der Waals surface area contributed by atoms with Crippen LogP contribution in [0.1, 0.15) is 19.5 Å². The molecule has 0 aliphatic rings. The molecule has 0 saturated heterocycles. The van der Waals surface area contributed by atoms with Crippen molar-refractivity contribution in [1.82, 2.24) is 9.97 Å². The van der Waals surface area contributed by atoms with Crippen LogP contribution in [0.4, 0.5) is 5.82 Å². The Bertz CT molecular complexity index is 660. The highest BCUT2D eigenvalue weighted by Crippen LogP contribution is 2.31. The summed E-state index contributed by atoms with van der Waals surface area (Å²) >= 11 is 14.6. The molecule has 0 fully saturated rings. The second kappa shape index (κ2) is 7.11. The molecule has 0 saturated carbocycles. The molecule has 0 radical (unpaired) electrons. The Labute approximate surface area is 148 Å². The SMILES string of the molecule is CNc1nc(-c2cc(Cl)ccc2Cl)nc(CC(C)C)c1I. The largest absolute Gasteiger partial charge is 0.372 e. The average molecular weight is 436 g/mol. The lowest BCUT2D eigenvalue weighted by Gasteiger charge is -2.13. The van der Waals surface area contributed by atoms with E-state index >= 15 is 0 Å². The van der Waals surface area contributed by atoms with Crippen molar-refractivity contribution in [2.45, 2.75) is 20.3 Å². The summed E-state index contributed by atoms with van der Waals surface area (Å²) in [5.74, 6) is 1.93. The number of hydrogen-bond acceptors (Lipinski definition) is 3. The standard InChI is InChI=1S/C15H16Cl2IN3/c1-8(2)6-12-13(18)15(19-3)21-14(20-12)10-7-9(16)4-5-11(10)17/h4-5,7-8H,6H2,1-3H3,(H,19,20,21). The molecule has 0 atom stereocenters. The van der Waals surface area contributed by atoms with Gasteiger partial charge in [-0.25, -0.2) is 9.97 Å². The van der Waals surface area contributed by atoms with E-state index in [0.29, 0.717) is 21.8 Å². The number of nitrogens with zero attached hydrogens (tertiary/aromatic N) is 2. The number of anilines is 1. The van der Waals surface area contributed by atoms with Gasteiger partial charge in [0.1, 0.15) is 5.82 Å². The van der Waals surface area contributed by atoms with Crippen LogP contribution >= 0.6 is 45.8 Å². The maximum atomic E-state index is 6.26. The third-order valence-corrected chi connectivity index (χ3v) is 4.63. The van der Waals surface area contributed by atoms with Crippen molar-refractivity contribution in [2.24, 2.45) is 5.92 Å². The van der Waals surface area contributed by atoms with E-state index in [1.807, 2.05) is 7.05 Å². The number of hydrogen-bond donors (Lipinski definition) is 1. The Balaban J connectivity index is 2.60. The minimum atomic E-state index is 0.515. The maximum Gasteiger partial charge on any atom is 0.163 e. The zero-order valence-electron chi connectivity index (χ0n) is 12.0. The quantitative estimate of drug-likeness (QED) is 0.662. The first-order valence-electron chi connectivity index (χ1n) is 6.62. The molecule has 0 amide bonds. The minimum Gasteiger partial charge on any atom is -0.372 e. The lowest BCUT2D eigenvalue weighted by molar-refractivity contribution is 0.632. The van der Waals surface area contributed by atoms with E-state index in [1.54, 1.807) is 18.2 Å². The first kappa shape index (κ1) is 16.8. The lowest BCUT2D eigenvalue weighted by Crippen LogP contribution is -2.08. The van der Waals surface area contributed by atoms with Gasteiger partial charge in [-0.1, -0.05) is 37.0 Å². The molecule has 0 unspecified atom stereocenters. The van der Waals surface area contributed by atoms with Crippen LogP contribution in [0.5, 0.6) is 0 Å². The van der Waals surface area contributed by atoms with Crippen molar-refractivity contribution in [3.63, 3.8) is 0 Å². The smallest absolute Gasteiger partial charge is 0.163 e. The Morgan fingerprint density at radius 3 is 2.57 bits per heavy atom. The summed E-state index contributed by atoms with van der Waals surface area (Å²) in [7, 11) is 1.85. The van der Waals surface area contributed by atoms with Crippen LogP contribution in [0.2, 0.25) is 10.0 Å². The van der Waals surface area contributed by atoms with Crippen molar-refractivity contribution >= 4 is 51.6 Å². The molecule has 0 bridgehead atoms. The van der Waals surface area contributed by atoms with Crippen LogP contribution in [-0.4, -0.2) is 17.0 Å². The highest BCUT2D eigenvalue weighted by atomic mass is 127. The first-order valence-corrected chi connectivity index (χ1v) is 8.45. The topological polar surface area (TPSA) is 37.8 Å². The van der Waals surface area contributed by atoms with Crippen molar-refractivity contribution in [2.75, 3.05) is 12.4 Å². The van der Waals surface area contributed by atoms with Gasteiger partial charge >= 0.3 is 0 Å². The minimum absolute atomic E-state index is 0.515. The van der Waals surface area contributed by atoms with E-state index in [2.05, 4.69) is 46.7 Å². The van der Waals surface area contributed by atoms with Crippen molar-refractivity contribution < 1.29 is 0 Å². The molecule has 0 aliphatic carbocycles. The molecular formula is C15H16Cl2IN3. The number of rotatable bonds is 4. The van der Waals surface area contributed by atoms with Crippen molar-refractivity contribution in [3.8, 4) is 11.4 Å². The van der Waals surface area contributed by atoms with E-state index in [9.17, 15) is 0 Å². The van der Waals surface area contributed by atoms with Crippen LogP contribution in [0, 0.1) is 9.49 Å². The van der Waals surface area contributed by atoms with Crippen LogP contribution in [0.25, 0.3) is 11.4 Å². The van der Waals surface area contributed by atoms with Gasteiger partial charge in [0.2, 0.25) is 0 Å². The molecule has 1 heterocycles. The van der Waals surface area contributed by atoms with Gasteiger partial charge in [-0.05, 0) is 53.1 Å². The monoisotopic (exact) mass is 435 g/mol. The van der Waals surface area contributed by atoms with E-state index < -0.39 is 0 Å². The van der Waals surface area contributed by atoms with Gasteiger partial charge in [0.05, 0.1) is 14.3 Å². The molecule has 6 heteroatoms. The summed E-state index contributed by atoms with van der Waals surface area (Å²) in [5, 5.41) is 4.33. The summed E-state index contributed by atoms with van der Waals surface area (Å²) in [5.41, 5.74) is 1.78. The summed E-state index contributed by atoms with van der Waals surface area (Å²) in [4.78, 5) is 9.25. The fraction of sp³-hybridized carbons (Fsp3) is 0.333. The summed E-state index contributed by atoms with van der Waals surface area (Å²) in [6.07, 6.45) is 0.890. The molecule has 21 heavy (non-hydrogen) atoms. The van der Waals surface area contributed by atoms with Crippen LogP contribution < -0.4 is 5.32 Å². The Morgan fingerprint density at radius 2 is 1.95 bits per heavy atom. The summed E-state index contributed by atoms with van der Waals surface area (Å²) < 4.78 is 1.05. The molecule has 0 aliphatic heterocycles. The Hall–Kier alpha value is -0.590. The normalized spacial score (nSPS) is 11.0. The van der Waals surface area contributed by atoms with Crippen LogP contribution in [-0.2, 0) is 6.42 Å². The lowest BCUT2D eigenvalue weighted by atomic mass is 10.1. The maximum absolute atomic E-state index is 6.26. The average Bonchev–Trinajstić information content (AvgIpc) is 2.43. The number of aromatic nitrogens is 2. The Morgan fingerprint density at radius 1 is 1.24 bits per heavy atom. The van der Waals surface area contributed by atoms with Gasteiger partial charge < -0.3 is 5.32 Å². The number of nitrogens with one attached hydrogen (secondary N) is 1. The predicted octanol–water partition coefficient (Wildman–Crippen LogP) is 5.30. The second-order valence-corrected chi connectivity index (χ2v) is 7.05. The molecule has 1 N–H and O–H groups in total. The molecule has 2 rings (SSSR count). The van der Waals surface area contributed by atoms with E-state index in [4.69, 9.17) is 28.2 Å². The highest BCUT2D eigenvalue weighted by Gasteiger charge is 2.15. The molecule has 1 aromatic heterocycles. The second-order valence-electron chi connectivity index (χ2n) is 5.13. The van der Waals surface area contributed by atoms with Gasteiger partial charge in [-0.15, -0.1) is 0 Å². The molecule has 112 valence electrons. The van der Waals surface area contributed by atoms with Gasteiger partial charge in [0, 0.05) is 17.6 Å². The van der Waals surface area contributed by atoms with Crippen LogP contribution in [0.15, 0.2) is 18.2 Å².